The molecule has 0 saturated carbocycles. The minimum Gasteiger partial charge on any atom is -0.404 e. The topological polar surface area (TPSA) is 119 Å². The molecule has 0 fully saturated rings. The van der Waals surface area contributed by atoms with Crippen LogP contribution in [-0.4, -0.2) is 38.0 Å². The van der Waals surface area contributed by atoms with E-state index >= 15 is 0 Å². The predicted octanol–water partition coefficient (Wildman–Crippen LogP) is 3.20. The van der Waals surface area contributed by atoms with Crippen LogP contribution in [0.4, 0.5) is 24.7 Å². The van der Waals surface area contributed by atoms with Crippen LogP contribution >= 0.6 is 11.8 Å². The number of aromatic amines is 1. The molecule has 0 spiro atoms. The smallest absolute Gasteiger partial charge is 0.404 e. The lowest BCUT2D eigenvalue weighted by atomic mass is 10.2. The fourth-order valence-electron chi connectivity index (χ4n) is 2.24. The van der Waals surface area contributed by atoms with Gasteiger partial charge in [-0.15, -0.1) is 16.9 Å². The van der Waals surface area contributed by atoms with Crippen LogP contribution < -0.4 is 11.5 Å². The summed E-state index contributed by atoms with van der Waals surface area (Å²) in [5.74, 6) is 0.0961. The minimum absolute atomic E-state index is 0.0902. The zero-order valence-corrected chi connectivity index (χ0v) is 14.6. The van der Waals surface area contributed by atoms with Crippen molar-refractivity contribution in [2.24, 2.45) is 10.7 Å². The molecule has 0 radical (unpaired) electrons. The van der Waals surface area contributed by atoms with E-state index in [4.69, 9.17) is 11.5 Å². The monoisotopic (exact) mass is 393 g/mol. The molecule has 0 bridgehead atoms. The molecule has 140 valence electrons. The van der Waals surface area contributed by atoms with Crippen molar-refractivity contribution in [1.82, 2.24) is 20.4 Å². The Morgan fingerprint density at radius 3 is 2.63 bits per heavy atom. The van der Waals surface area contributed by atoms with Crippen LogP contribution in [-0.2, 0) is 0 Å². The normalized spacial score (nSPS) is 13.3. The van der Waals surface area contributed by atoms with Crippen LogP contribution in [0, 0.1) is 0 Å². The number of thioether (sulfide) groups is 1. The van der Waals surface area contributed by atoms with Crippen molar-refractivity contribution >= 4 is 40.1 Å². The van der Waals surface area contributed by atoms with Gasteiger partial charge in [0.05, 0.1) is 5.69 Å². The maximum atomic E-state index is 13.5. The van der Waals surface area contributed by atoms with Gasteiger partial charge in [0.1, 0.15) is 11.3 Å². The van der Waals surface area contributed by atoms with Crippen LogP contribution in [0.3, 0.4) is 0 Å². The summed E-state index contributed by atoms with van der Waals surface area (Å²) in [5, 5.41) is 10.2. The van der Waals surface area contributed by atoms with E-state index in [1.807, 2.05) is 0 Å². The Bertz CT molecular complexity index is 996. The molecule has 0 unspecified atom stereocenters. The van der Waals surface area contributed by atoms with Gasteiger partial charge in [0.2, 0.25) is 5.65 Å². The highest BCUT2D eigenvalue weighted by molar-refractivity contribution is 7.99. The number of para-hydroxylation sites is 1. The maximum Gasteiger partial charge on any atom is 0.433 e. The molecular formula is C16H14F3N7S. The summed E-state index contributed by atoms with van der Waals surface area (Å²) in [6.45, 7) is 0. The molecule has 0 saturated heterocycles. The predicted molar refractivity (Wildman–Crippen MR) is 98.7 cm³/mol. The molecule has 0 amide bonds. The van der Waals surface area contributed by atoms with E-state index in [0.717, 1.165) is 18.0 Å². The molecule has 2 heterocycles. The number of fused-ring (bicyclic) bond motifs is 1. The van der Waals surface area contributed by atoms with Crippen LogP contribution in [0.15, 0.2) is 58.1 Å². The van der Waals surface area contributed by atoms with Gasteiger partial charge >= 0.3 is 6.18 Å². The van der Waals surface area contributed by atoms with Crippen molar-refractivity contribution in [3.8, 4) is 0 Å². The third-order valence-electron chi connectivity index (χ3n) is 3.43. The number of aromatic nitrogens is 4. The third kappa shape index (κ3) is 4.37. The largest absolute Gasteiger partial charge is 0.433 e. The SMILES string of the molecule is NC=C(CSc1cc(N)nc2n[nH]nc12)C(=Nc1ccccc1)C(F)(F)F. The summed E-state index contributed by atoms with van der Waals surface area (Å²) < 4.78 is 40.6. The quantitative estimate of drug-likeness (QED) is 0.452. The molecule has 3 rings (SSSR count). The molecule has 2 aromatic heterocycles. The summed E-state index contributed by atoms with van der Waals surface area (Å²) in [5.41, 5.74) is 10.9. The number of anilines is 1. The summed E-state index contributed by atoms with van der Waals surface area (Å²) in [7, 11) is 0. The molecule has 0 aliphatic carbocycles. The lowest BCUT2D eigenvalue weighted by molar-refractivity contribution is -0.0581. The van der Waals surface area contributed by atoms with Gasteiger partial charge < -0.3 is 11.5 Å². The molecule has 11 heteroatoms. The number of nitrogen functional groups attached to an aromatic ring is 1. The average Bonchev–Trinajstić information content (AvgIpc) is 3.09. The van der Waals surface area contributed by atoms with Crippen LogP contribution in [0.25, 0.3) is 11.2 Å². The number of halogens is 3. The molecule has 27 heavy (non-hydrogen) atoms. The number of hydrogen-bond donors (Lipinski definition) is 3. The van der Waals surface area contributed by atoms with Gasteiger partial charge in [0, 0.05) is 22.4 Å². The number of benzene rings is 1. The fraction of sp³-hybridized carbons (Fsp3) is 0.125. The second-order valence-corrected chi connectivity index (χ2v) is 6.33. The van der Waals surface area contributed by atoms with E-state index in [9.17, 15) is 13.2 Å². The maximum absolute atomic E-state index is 13.5. The Morgan fingerprint density at radius 1 is 1.22 bits per heavy atom. The second-order valence-electron chi connectivity index (χ2n) is 5.32. The van der Waals surface area contributed by atoms with Crippen molar-refractivity contribution < 1.29 is 13.2 Å². The molecule has 5 N–H and O–H groups in total. The molecule has 0 atom stereocenters. The van der Waals surface area contributed by atoms with Crippen molar-refractivity contribution in [1.29, 1.82) is 0 Å². The van der Waals surface area contributed by atoms with Gasteiger partial charge in [0.15, 0.2) is 5.71 Å². The number of nitrogens with zero attached hydrogens (tertiary/aromatic N) is 4. The van der Waals surface area contributed by atoms with Gasteiger partial charge in [-0.2, -0.15) is 23.5 Å². The first-order chi connectivity index (χ1) is 12.9. The summed E-state index contributed by atoms with van der Waals surface area (Å²) in [6.07, 6.45) is -3.76. The number of rotatable bonds is 5. The zero-order chi connectivity index (χ0) is 19.4. The molecule has 3 aromatic rings. The Kier molecular flexibility index (Phi) is 5.31. The highest BCUT2D eigenvalue weighted by atomic mass is 32.2. The summed E-state index contributed by atoms with van der Waals surface area (Å²) in [6, 6.07) is 9.39. The summed E-state index contributed by atoms with van der Waals surface area (Å²) >= 11 is 1.08. The van der Waals surface area contributed by atoms with E-state index in [1.54, 1.807) is 18.2 Å². The van der Waals surface area contributed by atoms with E-state index in [-0.39, 0.29) is 28.5 Å². The first-order valence-corrected chi connectivity index (χ1v) is 8.59. The van der Waals surface area contributed by atoms with Crippen molar-refractivity contribution in [3.63, 3.8) is 0 Å². The highest BCUT2D eigenvalue weighted by Crippen LogP contribution is 2.31. The third-order valence-corrected chi connectivity index (χ3v) is 4.51. The van der Waals surface area contributed by atoms with Gasteiger partial charge in [-0.3, -0.25) is 0 Å². The number of H-pyrrole nitrogens is 1. The van der Waals surface area contributed by atoms with Crippen molar-refractivity contribution in [2.45, 2.75) is 11.1 Å². The number of nitrogens with two attached hydrogens (primary N) is 2. The molecule has 7 nitrogen and oxygen atoms in total. The van der Waals surface area contributed by atoms with E-state index in [0.29, 0.717) is 10.4 Å². The average molecular weight is 393 g/mol. The number of nitrogens with one attached hydrogen (secondary N) is 1. The van der Waals surface area contributed by atoms with E-state index in [2.05, 4.69) is 25.4 Å². The fourth-order valence-corrected chi connectivity index (χ4v) is 3.26. The second kappa shape index (κ2) is 7.66. The van der Waals surface area contributed by atoms with E-state index < -0.39 is 11.9 Å². The van der Waals surface area contributed by atoms with Gasteiger partial charge in [-0.25, -0.2) is 9.98 Å². The Morgan fingerprint density at radius 2 is 1.96 bits per heavy atom. The summed E-state index contributed by atoms with van der Waals surface area (Å²) in [4.78, 5) is 8.27. The lowest BCUT2D eigenvalue weighted by Crippen LogP contribution is -2.26. The number of hydrogen-bond acceptors (Lipinski definition) is 7. The highest BCUT2D eigenvalue weighted by Gasteiger charge is 2.38. The first-order valence-electron chi connectivity index (χ1n) is 7.60. The number of pyridine rings is 1. The van der Waals surface area contributed by atoms with Gasteiger partial charge in [-0.1, -0.05) is 18.2 Å². The number of alkyl halides is 3. The molecule has 1 aromatic carbocycles. The Labute approximate surface area is 155 Å². The zero-order valence-electron chi connectivity index (χ0n) is 13.7. The van der Waals surface area contributed by atoms with Gasteiger partial charge in [-0.05, 0) is 18.2 Å². The van der Waals surface area contributed by atoms with Crippen molar-refractivity contribution in [2.75, 3.05) is 11.5 Å². The Hall–Kier alpha value is -3.08. The minimum atomic E-state index is -4.66. The number of aliphatic imine (C=N–C) groups is 1. The van der Waals surface area contributed by atoms with Crippen molar-refractivity contribution in [3.05, 3.63) is 48.2 Å². The van der Waals surface area contributed by atoms with Crippen LogP contribution in [0.5, 0.6) is 0 Å². The lowest BCUT2D eigenvalue weighted by Gasteiger charge is -2.14. The molecule has 0 aliphatic heterocycles. The standard InChI is InChI=1S/C16H14F3N7S/c17-16(18,19)14(22-10-4-2-1-3-5-10)9(7-20)8-27-11-6-12(21)23-15-13(11)24-26-25-15/h1-7H,8,20H2,(H3,21,23,24,25,26). The Balaban J connectivity index is 1.90. The van der Waals surface area contributed by atoms with Gasteiger partial charge in [0.25, 0.3) is 0 Å². The van der Waals surface area contributed by atoms with Crippen LogP contribution in [0.1, 0.15) is 0 Å². The molecule has 0 aliphatic rings. The first kappa shape index (κ1) is 18.7. The van der Waals surface area contributed by atoms with Crippen LogP contribution in [0.2, 0.25) is 0 Å². The molecular weight excluding hydrogens is 379 g/mol. The van der Waals surface area contributed by atoms with E-state index in [1.165, 1.54) is 18.2 Å².